The zero-order valence-electron chi connectivity index (χ0n) is 12.2. The number of halogens is 1. The maximum atomic E-state index is 12.0. The second-order valence-electron chi connectivity index (χ2n) is 6.13. The number of carbonyl (C=O) groups is 1. The summed E-state index contributed by atoms with van der Waals surface area (Å²) < 4.78 is 11.0. The van der Waals surface area contributed by atoms with Crippen molar-refractivity contribution < 1.29 is 19.4 Å². The molecule has 1 N–H and O–H groups in total. The van der Waals surface area contributed by atoms with Crippen LogP contribution in [0.1, 0.15) is 56.6 Å². The number of carboxylic acid groups (broad SMARTS) is 1. The van der Waals surface area contributed by atoms with E-state index >= 15 is 0 Å². The second kappa shape index (κ2) is 5.09. The van der Waals surface area contributed by atoms with E-state index in [0.717, 1.165) is 24.0 Å². The Morgan fingerprint density at radius 2 is 2.00 bits per heavy atom. The van der Waals surface area contributed by atoms with Gasteiger partial charge in [0, 0.05) is 16.7 Å². The normalized spacial score (nSPS) is 19.2. The van der Waals surface area contributed by atoms with Crippen molar-refractivity contribution in [3.8, 4) is 11.5 Å². The van der Waals surface area contributed by atoms with E-state index in [1.807, 2.05) is 13.8 Å². The molecule has 1 saturated carbocycles. The molecule has 0 amide bonds. The fourth-order valence-corrected chi connectivity index (χ4v) is 4.00. The average molecular weight is 311 g/mol. The fraction of sp³-hybridized carbons (Fsp3) is 0.562. The van der Waals surface area contributed by atoms with Crippen molar-refractivity contribution in [3.05, 3.63) is 22.2 Å². The molecule has 1 aromatic rings. The van der Waals surface area contributed by atoms with Crippen molar-refractivity contribution in [3.63, 3.8) is 0 Å². The summed E-state index contributed by atoms with van der Waals surface area (Å²) in [5, 5.41) is 10.3. The third kappa shape index (κ3) is 2.08. The summed E-state index contributed by atoms with van der Waals surface area (Å²) in [6.45, 7) is 4.22. The monoisotopic (exact) mass is 310 g/mol. The molecule has 1 aliphatic carbocycles. The Morgan fingerprint density at radius 1 is 1.33 bits per heavy atom. The number of ether oxygens (including phenoxy) is 2. The zero-order chi connectivity index (χ0) is 15.2. The molecule has 0 radical (unpaired) electrons. The number of benzene rings is 1. The number of carboxylic acids is 1. The molecular weight excluding hydrogens is 292 g/mol. The predicted octanol–water partition coefficient (Wildman–Crippen LogP) is 4.09. The van der Waals surface area contributed by atoms with Crippen LogP contribution < -0.4 is 9.47 Å². The minimum Gasteiger partial charge on any atom is -0.481 e. The van der Waals surface area contributed by atoms with Crippen LogP contribution in [0.15, 0.2) is 6.07 Å². The lowest BCUT2D eigenvalue weighted by Crippen LogP contribution is -2.34. The molecule has 114 valence electrons. The van der Waals surface area contributed by atoms with Crippen LogP contribution in [0.4, 0.5) is 0 Å². The summed E-state index contributed by atoms with van der Waals surface area (Å²) in [7, 11) is 0. The Morgan fingerprint density at radius 3 is 2.57 bits per heavy atom. The van der Waals surface area contributed by atoms with E-state index in [0.29, 0.717) is 29.4 Å². The highest BCUT2D eigenvalue weighted by atomic mass is 35.5. The van der Waals surface area contributed by atoms with Gasteiger partial charge in [0.25, 0.3) is 0 Å². The molecule has 1 fully saturated rings. The van der Waals surface area contributed by atoms with Gasteiger partial charge in [0.1, 0.15) is 0 Å². The van der Waals surface area contributed by atoms with E-state index in [2.05, 4.69) is 0 Å². The molecule has 0 saturated heterocycles. The van der Waals surface area contributed by atoms with E-state index in [1.165, 1.54) is 0 Å². The number of hydrogen-bond donors (Lipinski definition) is 1. The molecule has 0 aromatic heterocycles. The van der Waals surface area contributed by atoms with Crippen LogP contribution in [0.2, 0.25) is 5.02 Å². The van der Waals surface area contributed by atoms with Crippen LogP contribution in [0.3, 0.4) is 0 Å². The molecule has 21 heavy (non-hydrogen) atoms. The van der Waals surface area contributed by atoms with Gasteiger partial charge in [0.05, 0.1) is 5.41 Å². The van der Waals surface area contributed by atoms with Gasteiger partial charge in [0.15, 0.2) is 11.5 Å². The van der Waals surface area contributed by atoms with Crippen LogP contribution in [0.25, 0.3) is 0 Å². The van der Waals surface area contributed by atoms with E-state index < -0.39 is 11.4 Å². The van der Waals surface area contributed by atoms with Gasteiger partial charge >= 0.3 is 5.97 Å². The molecule has 4 nitrogen and oxygen atoms in total. The maximum Gasteiger partial charge on any atom is 0.314 e. The third-order valence-electron chi connectivity index (χ3n) is 4.57. The van der Waals surface area contributed by atoms with Crippen molar-refractivity contribution in [1.29, 1.82) is 0 Å². The van der Waals surface area contributed by atoms with E-state index in [1.54, 1.807) is 6.07 Å². The Kier molecular flexibility index (Phi) is 3.52. The largest absolute Gasteiger partial charge is 0.481 e. The molecule has 5 heteroatoms. The first-order valence-corrected chi connectivity index (χ1v) is 7.71. The summed E-state index contributed by atoms with van der Waals surface area (Å²) >= 11 is 6.47. The average Bonchev–Trinajstić information content (AvgIpc) is 3.05. The summed E-state index contributed by atoms with van der Waals surface area (Å²) in [6.07, 6.45) is 3.08. The Hall–Kier alpha value is -1.42. The maximum absolute atomic E-state index is 12.0. The smallest absolute Gasteiger partial charge is 0.314 e. The number of rotatable bonds is 3. The molecule has 1 aliphatic heterocycles. The van der Waals surface area contributed by atoms with Crippen LogP contribution in [-0.2, 0) is 10.2 Å². The third-order valence-corrected chi connectivity index (χ3v) is 4.87. The summed E-state index contributed by atoms with van der Waals surface area (Å²) in [6, 6.07) is 1.70. The molecule has 1 aromatic carbocycles. The van der Waals surface area contributed by atoms with Crippen LogP contribution in [-0.4, -0.2) is 17.9 Å². The molecule has 0 spiro atoms. The van der Waals surface area contributed by atoms with E-state index in [9.17, 15) is 9.90 Å². The molecule has 0 bridgehead atoms. The highest BCUT2D eigenvalue weighted by molar-refractivity contribution is 6.32. The van der Waals surface area contributed by atoms with Gasteiger partial charge in [-0.3, -0.25) is 4.79 Å². The molecule has 1 heterocycles. The van der Waals surface area contributed by atoms with Crippen molar-refractivity contribution >= 4 is 17.6 Å². The molecular formula is C16H19ClO4. The lowest BCUT2D eigenvalue weighted by atomic mass is 9.74. The SMILES string of the molecule is CC(C)c1c2c(cc(Cl)c1C1(C(=O)O)CCCC1)OCO2. The lowest BCUT2D eigenvalue weighted by molar-refractivity contribution is -0.143. The molecule has 0 atom stereocenters. The Labute approximate surface area is 129 Å². The van der Waals surface area contributed by atoms with Crippen molar-refractivity contribution in [2.75, 3.05) is 6.79 Å². The molecule has 2 aliphatic rings. The summed E-state index contributed by atoms with van der Waals surface area (Å²) in [5.74, 6) is 0.608. The highest BCUT2D eigenvalue weighted by Gasteiger charge is 2.47. The highest BCUT2D eigenvalue weighted by Crippen LogP contribution is 2.53. The first-order valence-electron chi connectivity index (χ1n) is 7.33. The van der Waals surface area contributed by atoms with Gasteiger partial charge in [-0.2, -0.15) is 0 Å². The van der Waals surface area contributed by atoms with Crippen molar-refractivity contribution in [1.82, 2.24) is 0 Å². The fourth-order valence-electron chi connectivity index (χ4n) is 3.62. The molecule has 0 unspecified atom stereocenters. The molecule has 3 rings (SSSR count). The van der Waals surface area contributed by atoms with Crippen LogP contribution >= 0.6 is 11.6 Å². The van der Waals surface area contributed by atoms with Gasteiger partial charge in [-0.1, -0.05) is 38.3 Å². The first-order chi connectivity index (χ1) is 9.97. The van der Waals surface area contributed by atoms with Gasteiger partial charge < -0.3 is 14.6 Å². The number of hydrogen-bond acceptors (Lipinski definition) is 3. The van der Waals surface area contributed by atoms with Gasteiger partial charge in [-0.25, -0.2) is 0 Å². The van der Waals surface area contributed by atoms with Crippen molar-refractivity contribution in [2.24, 2.45) is 0 Å². The van der Waals surface area contributed by atoms with E-state index in [4.69, 9.17) is 21.1 Å². The van der Waals surface area contributed by atoms with Crippen LogP contribution in [0.5, 0.6) is 11.5 Å². The van der Waals surface area contributed by atoms with Crippen LogP contribution in [0, 0.1) is 0 Å². The lowest BCUT2D eigenvalue weighted by Gasteiger charge is -2.30. The number of aliphatic carboxylic acids is 1. The summed E-state index contributed by atoms with van der Waals surface area (Å²) in [4.78, 5) is 12.0. The second-order valence-corrected chi connectivity index (χ2v) is 6.54. The van der Waals surface area contributed by atoms with E-state index in [-0.39, 0.29) is 12.7 Å². The summed E-state index contributed by atoms with van der Waals surface area (Å²) in [5.41, 5.74) is 0.727. The standard InChI is InChI=1S/C16H19ClO4/c1-9(2)12-13(16(15(18)19)5-3-4-6-16)10(17)7-11-14(12)21-8-20-11/h7,9H,3-6,8H2,1-2H3,(H,18,19). The van der Waals surface area contributed by atoms with Gasteiger partial charge in [-0.05, 0) is 24.3 Å². The predicted molar refractivity (Wildman–Crippen MR) is 79.4 cm³/mol. The minimum atomic E-state index is -0.891. The topological polar surface area (TPSA) is 55.8 Å². The number of fused-ring (bicyclic) bond motifs is 1. The Bertz CT molecular complexity index is 588. The van der Waals surface area contributed by atoms with Gasteiger partial charge in [0.2, 0.25) is 6.79 Å². The minimum absolute atomic E-state index is 0.117. The van der Waals surface area contributed by atoms with Gasteiger partial charge in [-0.15, -0.1) is 0 Å². The zero-order valence-corrected chi connectivity index (χ0v) is 13.0. The Balaban J connectivity index is 2.29. The first kappa shape index (κ1) is 14.5. The van der Waals surface area contributed by atoms with Crippen molar-refractivity contribution in [2.45, 2.75) is 50.9 Å². The quantitative estimate of drug-likeness (QED) is 0.913.